The van der Waals surface area contributed by atoms with E-state index in [0.29, 0.717) is 12.8 Å². The lowest BCUT2D eigenvalue weighted by atomic mass is 9.27. The number of fused-ring (bicyclic) bond motifs is 8. The summed E-state index contributed by atoms with van der Waals surface area (Å²) in [4.78, 5) is 15.5. The van der Waals surface area contributed by atoms with Crippen LogP contribution in [0.2, 0.25) is 0 Å². The molecule has 0 amide bonds. The smallest absolute Gasteiger partial charge is 0.159 e. The first-order valence-electron chi connectivity index (χ1n) is 20.9. The van der Waals surface area contributed by atoms with E-state index >= 15 is 4.79 Å². The SMILES string of the molecule is CCCCCCC12CCC(O)C(C)(C(O)CO)C1CCC1(C)C2C(=O)C=C2C3CC4(C)CCC#CC(O)C35C(O)(C=CC3CCCC35C4)CC21C. The summed E-state index contributed by atoms with van der Waals surface area (Å²) in [6, 6.07) is 0. The first-order valence-corrected chi connectivity index (χ1v) is 20.9. The Morgan fingerprint density at radius 2 is 1.76 bits per heavy atom. The Balaban J connectivity index is 1.34. The van der Waals surface area contributed by atoms with Crippen LogP contribution in [-0.4, -0.2) is 61.8 Å². The van der Waals surface area contributed by atoms with Gasteiger partial charge in [-0.25, -0.2) is 0 Å². The normalized spacial score (nSPS) is 54.2. The first-order chi connectivity index (χ1) is 24.1. The summed E-state index contributed by atoms with van der Waals surface area (Å²) in [5.74, 6) is 6.56. The van der Waals surface area contributed by atoms with Gasteiger partial charge in [-0.3, -0.25) is 4.79 Å². The molecule has 9 aliphatic carbocycles. The highest BCUT2D eigenvalue weighted by atomic mass is 16.3. The van der Waals surface area contributed by atoms with E-state index in [4.69, 9.17) is 0 Å². The molecule has 282 valence electrons. The van der Waals surface area contributed by atoms with Crippen LogP contribution < -0.4 is 0 Å². The van der Waals surface area contributed by atoms with E-state index in [-0.39, 0.29) is 40.3 Å². The molecule has 6 nitrogen and oxygen atoms in total. The molecule has 0 aromatic carbocycles. The lowest BCUT2D eigenvalue weighted by Gasteiger charge is -2.77. The van der Waals surface area contributed by atoms with Crippen molar-refractivity contribution in [1.29, 1.82) is 0 Å². The molecule has 2 bridgehead atoms. The molecule has 0 aliphatic heterocycles. The molecule has 5 N–H and O–H groups in total. The van der Waals surface area contributed by atoms with Gasteiger partial charge in [0.1, 0.15) is 6.10 Å². The van der Waals surface area contributed by atoms with Crippen molar-refractivity contribution in [3.8, 4) is 11.8 Å². The molecule has 5 fully saturated rings. The van der Waals surface area contributed by atoms with E-state index in [1.165, 1.54) is 5.57 Å². The molecule has 0 aromatic heterocycles. The van der Waals surface area contributed by atoms with Gasteiger partial charge in [0.25, 0.3) is 0 Å². The summed E-state index contributed by atoms with van der Waals surface area (Å²) >= 11 is 0. The molecule has 9 aliphatic rings. The van der Waals surface area contributed by atoms with Crippen molar-refractivity contribution in [2.24, 2.45) is 61.6 Å². The number of ketones is 1. The number of hydrogen-bond donors (Lipinski definition) is 5. The number of hydrogen-bond acceptors (Lipinski definition) is 6. The average Bonchev–Trinajstić information content (AvgIpc) is 3.52. The summed E-state index contributed by atoms with van der Waals surface area (Å²) < 4.78 is 0. The Bertz CT molecular complexity index is 1570. The zero-order valence-electron chi connectivity index (χ0n) is 32.1. The number of allylic oxidation sites excluding steroid dienone is 3. The van der Waals surface area contributed by atoms with Crippen LogP contribution in [0.15, 0.2) is 23.8 Å². The van der Waals surface area contributed by atoms with Gasteiger partial charge in [-0.1, -0.05) is 90.4 Å². The molecule has 0 aromatic rings. The molecule has 15 atom stereocenters. The van der Waals surface area contributed by atoms with Crippen molar-refractivity contribution >= 4 is 5.78 Å². The zero-order valence-corrected chi connectivity index (χ0v) is 32.1. The molecular weight excluding hydrogens is 636 g/mol. The van der Waals surface area contributed by atoms with Crippen LogP contribution in [0.1, 0.15) is 144 Å². The average molecular weight is 703 g/mol. The Morgan fingerprint density at radius 1 is 0.980 bits per heavy atom. The largest absolute Gasteiger partial charge is 0.394 e. The molecular formula is C45H66O6. The second kappa shape index (κ2) is 11.8. The second-order valence-electron chi connectivity index (χ2n) is 20.4. The maximum Gasteiger partial charge on any atom is 0.159 e. The Kier molecular flexibility index (Phi) is 8.41. The fraction of sp³-hybridized carbons (Fsp3) is 0.844. The van der Waals surface area contributed by atoms with Gasteiger partial charge in [0.15, 0.2) is 5.78 Å². The van der Waals surface area contributed by atoms with Gasteiger partial charge in [0.05, 0.1) is 29.8 Å². The van der Waals surface area contributed by atoms with Crippen LogP contribution >= 0.6 is 0 Å². The number of aliphatic hydroxyl groups is 5. The third-order valence-electron chi connectivity index (χ3n) is 18.6. The van der Waals surface area contributed by atoms with Crippen LogP contribution in [0.3, 0.4) is 0 Å². The van der Waals surface area contributed by atoms with E-state index in [1.54, 1.807) is 0 Å². The topological polar surface area (TPSA) is 118 Å². The lowest BCUT2D eigenvalue weighted by molar-refractivity contribution is -0.292. The molecule has 51 heavy (non-hydrogen) atoms. The fourth-order valence-corrected chi connectivity index (χ4v) is 16.5. The molecule has 15 unspecified atom stereocenters. The maximum atomic E-state index is 15.5. The number of aliphatic hydroxyl groups excluding tert-OH is 4. The van der Waals surface area contributed by atoms with Gasteiger partial charge >= 0.3 is 0 Å². The summed E-state index contributed by atoms with van der Waals surface area (Å²) in [5.41, 5.74) is -3.67. The predicted octanol–water partition coefficient (Wildman–Crippen LogP) is 7.06. The van der Waals surface area contributed by atoms with Gasteiger partial charge in [-0.15, -0.1) is 5.92 Å². The zero-order chi connectivity index (χ0) is 36.5. The highest BCUT2D eigenvalue weighted by Crippen LogP contribution is 2.83. The highest BCUT2D eigenvalue weighted by molar-refractivity contribution is 5.96. The van der Waals surface area contributed by atoms with Gasteiger partial charge in [-0.2, -0.15) is 0 Å². The van der Waals surface area contributed by atoms with E-state index in [9.17, 15) is 25.5 Å². The van der Waals surface area contributed by atoms with E-state index in [1.807, 2.05) is 13.0 Å². The fourth-order valence-electron chi connectivity index (χ4n) is 16.5. The monoisotopic (exact) mass is 702 g/mol. The number of carbonyl (C=O) groups is 1. The third-order valence-corrected chi connectivity index (χ3v) is 18.6. The molecule has 6 heteroatoms. The van der Waals surface area contributed by atoms with Crippen molar-refractivity contribution in [1.82, 2.24) is 0 Å². The standard InChI is InChI=1S/C45H66O6/c1-6-7-8-10-19-42-22-17-34(48)41(5,36(50)26-46)33(42)16-21-39(3)37(42)32(47)24-30-31-25-38(2)18-11-9-14-35(49)45(31)43(27-38)20-12-13-29(43)15-23-44(45,51)28-40(30,39)4/h15,23-24,29,31,33-37,46,48-51H,6-8,10-13,16-22,25-28H2,1-5H3. The van der Waals surface area contributed by atoms with Crippen molar-refractivity contribution in [2.45, 2.75) is 168 Å². The molecule has 0 heterocycles. The van der Waals surface area contributed by atoms with Crippen LogP contribution in [0, 0.1) is 73.4 Å². The van der Waals surface area contributed by atoms with Crippen LogP contribution in [0.5, 0.6) is 0 Å². The van der Waals surface area contributed by atoms with E-state index in [2.05, 4.69) is 51.7 Å². The highest BCUT2D eigenvalue weighted by Gasteiger charge is 2.82. The minimum absolute atomic E-state index is 0.0125. The first kappa shape index (κ1) is 36.5. The van der Waals surface area contributed by atoms with E-state index < -0.39 is 57.6 Å². The van der Waals surface area contributed by atoms with Crippen LogP contribution in [0.4, 0.5) is 0 Å². The summed E-state index contributed by atoms with van der Waals surface area (Å²) in [7, 11) is 0. The summed E-state index contributed by atoms with van der Waals surface area (Å²) in [6.07, 6.45) is 18.7. The minimum atomic E-state index is -1.28. The van der Waals surface area contributed by atoms with Gasteiger partial charge in [0, 0.05) is 17.8 Å². The van der Waals surface area contributed by atoms with Crippen LogP contribution in [0.25, 0.3) is 0 Å². The molecule has 9 rings (SSSR count). The van der Waals surface area contributed by atoms with Crippen molar-refractivity contribution in [3.05, 3.63) is 23.8 Å². The third kappa shape index (κ3) is 4.28. The molecule has 0 radical (unpaired) electrons. The number of carbonyl (C=O) groups excluding carboxylic acids is 1. The van der Waals surface area contributed by atoms with Crippen LogP contribution in [-0.2, 0) is 4.79 Å². The summed E-state index contributed by atoms with van der Waals surface area (Å²) in [5, 5.41) is 59.7. The van der Waals surface area contributed by atoms with Crippen molar-refractivity contribution in [3.63, 3.8) is 0 Å². The van der Waals surface area contributed by atoms with Crippen molar-refractivity contribution < 1.29 is 30.3 Å². The lowest BCUT2D eigenvalue weighted by Crippen LogP contribution is -2.78. The van der Waals surface area contributed by atoms with Crippen molar-refractivity contribution in [2.75, 3.05) is 6.61 Å². The molecule has 0 saturated heterocycles. The minimum Gasteiger partial charge on any atom is -0.394 e. The van der Waals surface area contributed by atoms with Gasteiger partial charge in [0.2, 0.25) is 0 Å². The number of unbranched alkanes of at least 4 members (excludes halogenated alkanes) is 3. The van der Waals surface area contributed by atoms with Gasteiger partial charge < -0.3 is 25.5 Å². The summed E-state index contributed by atoms with van der Waals surface area (Å²) in [6.45, 7) is 10.9. The van der Waals surface area contributed by atoms with E-state index in [0.717, 1.165) is 96.3 Å². The Labute approximate surface area is 307 Å². The second-order valence-corrected chi connectivity index (χ2v) is 20.4. The molecule has 2 spiro atoms. The quantitative estimate of drug-likeness (QED) is 0.110. The maximum absolute atomic E-state index is 15.5. The predicted molar refractivity (Wildman–Crippen MR) is 198 cm³/mol. The molecule has 5 saturated carbocycles. The van der Waals surface area contributed by atoms with Gasteiger partial charge in [-0.05, 0) is 122 Å². The Morgan fingerprint density at radius 3 is 2.51 bits per heavy atom. The Hall–Kier alpha value is -1.49. The number of rotatable bonds is 7.